The first-order valence-corrected chi connectivity index (χ1v) is 7.44. The number of fused-ring (bicyclic) bond motifs is 1. The van der Waals surface area contributed by atoms with Crippen LogP contribution in [-0.2, 0) is 17.9 Å². The van der Waals surface area contributed by atoms with Crippen LogP contribution < -0.4 is 10.9 Å². The Balaban J connectivity index is 1.80. The van der Waals surface area contributed by atoms with E-state index in [4.69, 9.17) is 12.2 Å². The van der Waals surface area contributed by atoms with E-state index in [-0.39, 0.29) is 22.8 Å². The van der Waals surface area contributed by atoms with E-state index >= 15 is 0 Å². The van der Waals surface area contributed by atoms with Crippen molar-refractivity contribution in [2.24, 2.45) is 0 Å². The zero-order chi connectivity index (χ0) is 16.2. The van der Waals surface area contributed by atoms with Gasteiger partial charge in [0.05, 0.1) is 23.1 Å². The number of para-hydroxylation sites is 1. The molecule has 1 amide bonds. The van der Waals surface area contributed by atoms with Gasteiger partial charge in [0, 0.05) is 6.20 Å². The van der Waals surface area contributed by atoms with Gasteiger partial charge in [-0.2, -0.15) is 0 Å². The Kier molecular flexibility index (Phi) is 4.29. The quantitative estimate of drug-likeness (QED) is 0.716. The Morgan fingerprint density at radius 1 is 1.22 bits per heavy atom. The van der Waals surface area contributed by atoms with Crippen molar-refractivity contribution in [2.45, 2.75) is 13.1 Å². The highest BCUT2D eigenvalue weighted by molar-refractivity contribution is 7.71. The van der Waals surface area contributed by atoms with Crippen molar-refractivity contribution in [3.05, 3.63) is 69.5 Å². The molecule has 1 aromatic carbocycles. The number of benzene rings is 1. The molecule has 0 radical (unpaired) electrons. The highest BCUT2D eigenvalue weighted by atomic mass is 32.1. The number of carbonyl (C=O) groups excluding carboxylic acids is 1. The van der Waals surface area contributed by atoms with Crippen LogP contribution in [0.4, 0.5) is 0 Å². The number of rotatable bonds is 4. The van der Waals surface area contributed by atoms with E-state index in [0.717, 1.165) is 5.69 Å². The van der Waals surface area contributed by atoms with Crippen molar-refractivity contribution >= 4 is 29.0 Å². The van der Waals surface area contributed by atoms with Gasteiger partial charge in [0.1, 0.15) is 6.54 Å². The fraction of sp³-hybridized carbons (Fsp3) is 0.125. The summed E-state index contributed by atoms with van der Waals surface area (Å²) in [5, 5.41) is 3.23. The maximum absolute atomic E-state index is 12.4. The zero-order valence-electron chi connectivity index (χ0n) is 12.2. The predicted octanol–water partition coefficient (Wildman–Crippen LogP) is 1.77. The van der Waals surface area contributed by atoms with Gasteiger partial charge in [0.2, 0.25) is 5.91 Å². The fourth-order valence-corrected chi connectivity index (χ4v) is 2.49. The van der Waals surface area contributed by atoms with Crippen molar-refractivity contribution < 1.29 is 4.79 Å². The number of aromatic nitrogens is 3. The Hall–Kier alpha value is -2.80. The summed E-state index contributed by atoms with van der Waals surface area (Å²) in [6.45, 7) is 0.171. The number of aromatic amines is 1. The highest BCUT2D eigenvalue weighted by Crippen LogP contribution is 2.05. The molecule has 0 fully saturated rings. The lowest BCUT2D eigenvalue weighted by Crippen LogP contribution is -2.33. The lowest BCUT2D eigenvalue weighted by atomic mass is 10.2. The van der Waals surface area contributed by atoms with Crippen LogP contribution in [0.5, 0.6) is 0 Å². The molecular weight excluding hydrogens is 312 g/mol. The lowest BCUT2D eigenvalue weighted by Gasteiger charge is -2.08. The van der Waals surface area contributed by atoms with E-state index in [1.165, 1.54) is 4.57 Å². The molecule has 0 aliphatic carbocycles. The third-order valence-electron chi connectivity index (χ3n) is 3.38. The Labute approximate surface area is 136 Å². The van der Waals surface area contributed by atoms with E-state index < -0.39 is 0 Å². The van der Waals surface area contributed by atoms with E-state index in [1.54, 1.807) is 30.5 Å². The van der Waals surface area contributed by atoms with E-state index in [0.29, 0.717) is 17.4 Å². The smallest absolute Gasteiger partial charge is 0.262 e. The normalized spacial score (nSPS) is 10.6. The molecule has 6 nitrogen and oxygen atoms in total. The summed E-state index contributed by atoms with van der Waals surface area (Å²) in [6.07, 6.45) is 1.66. The fourth-order valence-electron chi connectivity index (χ4n) is 2.23. The molecule has 3 rings (SSSR count). The van der Waals surface area contributed by atoms with Gasteiger partial charge in [-0.1, -0.05) is 18.2 Å². The van der Waals surface area contributed by atoms with Gasteiger partial charge < -0.3 is 10.3 Å². The van der Waals surface area contributed by atoms with Crippen LogP contribution >= 0.6 is 12.2 Å². The monoisotopic (exact) mass is 326 g/mol. The van der Waals surface area contributed by atoms with Crippen LogP contribution in [0.1, 0.15) is 5.69 Å². The molecule has 23 heavy (non-hydrogen) atoms. The van der Waals surface area contributed by atoms with E-state index in [9.17, 15) is 9.59 Å². The van der Waals surface area contributed by atoms with Gasteiger partial charge in [0.25, 0.3) is 5.56 Å². The first-order chi connectivity index (χ1) is 11.1. The van der Waals surface area contributed by atoms with Crippen LogP contribution in [0.3, 0.4) is 0 Å². The summed E-state index contributed by atoms with van der Waals surface area (Å²) >= 11 is 5.18. The second kappa shape index (κ2) is 6.53. The summed E-state index contributed by atoms with van der Waals surface area (Å²) in [6, 6.07) is 12.5. The highest BCUT2D eigenvalue weighted by Gasteiger charge is 2.09. The molecule has 0 unspecified atom stereocenters. The largest absolute Gasteiger partial charge is 0.349 e. The topological polar surface area (TPSA) is 79.8 Å². The number of amides is 1. The molecule has 116 valence electrons. The van der Waals surface area contributed by atoms with Crippen LogP contribution in [-0.4, -0.2) is 20.4 Å². The second-order valence-electron chi connectivity index (χ2n) is 4.96. The van der Waals surface area contributed by atoms with Crippen molar-refractivity contribution in [3.63, 3.8) is 0 Å². The molecule has 2 heterocycles. The minimum absolute atomic E-state index is 0.133. The van der Waals surface area contributed by atoms with Gasteiger partial charge in [-0.15, -0.1) is 0 Å². The van der Waals surface area contributed by atoms with Gasteiger partial charge in [-0.05, 0) is 36.5 Å². The van der Waals surface area contributed by atoms with Gasteiger partial charge in [-0.3, -0.25) is 19.1 Å². The number of pyridine rings is 1. The minimum atomic E-state index is -0.299. The van der Waals surface area contributed by atoms with Crippen molar-refractivity contribution in [2.75, 3.05) is 0 Å². The lowest BCUT2D eigenvalue weighted by molar-refractivity contribution is -0.121. The third-order valence-corrected chi connectivity index (χ3v) is 3.71. The third kappa shape index (κ3) is 3.35. The Morgan fingerprint density at radius 2 is 2.00 bits per heavy atom. The summed E-state index contributed by atoms with van der Waals surface area (Å²) in [5.41, 5.74) is 1.13. The number of hydrogen-bond donors (Lipinski definition) is 2. The van der Waals surface area contributed by atoms with Gasteiger partial charge in [0.15, 0.2) is 4.77 Å². The Morgan fingerprint density at radius 3 is 2.78 bits per heavy atom. The standard InChI is InChI=1S/C16H14N4O2S/c21-14(18-9-11-5-3-4-8-17-11)10-20-15(22)12-6-1-2-7-13(12)19-16(20)23/h1-8H,9-10H2,(H,18,21)(H,19,23). The molecule has 3 aromatic rings. The average molecular weight is 326 g/mol. The van der Waals surface area contributed by atoms with Crippen LogP contribution in [0, 0.1) is 4.77 Å². The molecule has 0 atom stereocenters. The molecule has 0 spiro atoms. The summed E-state index contributed by atoms with van der Waals surface area (Å²) < 4.78 is 1.48. The van der Waals surface area contributed by atoms with Crippen molar-refractivity contribution in [1.82, 2.24) is 19.9 Å². The molecule has 7 heteroatoms. The number of carbonyl (C=O) groups is 1. The van der Waals surface area contributed by atoms with Gasteiger partial charge >= 0.3 is 0 Å². The van der Waals surface area contributed by atoms with Crippen molar-refractivity contribution in [1.29, 1.82) is 0 Å². The van der Waals surface area contributed by atoms with Crippen molar-refractivity contribution in [3.8, 4) is 0 Å². The van der Waals surface area contributed by atoms with Crippen LogP contribution in [0.25, 0.3) is 10.9 Å². The second-order valence-corrected chi connectivity index (χ2v) is 5.35. The molecule has 0 saturated carbocycles. The molecule has 2 N–H and O–H groups in total. The van der Waals surface area contributed by atoms with E-state index in [2.05, 4.69) is 15.3 Å². The first-order valence-electron chi connectivity index (χ1n) is 7.03. The molecular formula is C16H14N4O2S. The maximum atomic E-state index is 12.4. The summed E-state index contributed by atoms with van der Waals surface area (Å²) in [5.74, 6) is -0.299. The summed E-state index contributed by atoms with van der Waals surface area (Å²) in [4.78, 5) is 31.6. The number of H-pyrrole nitrogens is 1. The average Bonchev–Trinajstić information content (AvgIpc) is 2.58. The van der Waals surface area contributed by atoms with E-state index in [1.807, 2.05) is 18.2 Å². The summed E-state index contributed by atoms with van der Waals surface area (Å²) in [7, 11) is 0. The number of hydrogen-bond acceptors (Lipinski definition) is 4. The number of nitrogens with one attached hydrogen (secondary N) is 2. The molecule has 0 saturated heterocycles. The molecule has 0 bridgehead atoms. The maximum Gasteiger partial charge on any atom is 0.262 e. The Bertz CT molecular complexity index is 963. The van der Waals surface area contributed by atoms with Crippen LogP contribution in [0.2, 0.25) is 0 Å². The predicted molar refractivity (Wildman–Crippen MR) is 89.5 cm³/mol. The molecule has 0 aliphatic rings. The first kappa shape index (κ1) is 15.1. The molecule has 2 aromatic heterocycles. The SMILES string of the molecule is O=C(Cn1c(=S)[nH]c2ccccc2c1=O)NCc1ccccn1. The minimum Gasteiger partial charge on any atom is -0.349 e. The number of nitrogens with zero attached hydrogens (tertiary/aromatic N) is 2. The van der Waals surface area contributed by atoms with Gasteiger partial charge in [-0.25, -0.2) is 0 Å². The molecule has 0 aliphatic heterocycles. The zero-order valence-corrected chi connectivity index (χ0v) is 13.0. The van der Waals surface area contributed by atoms with Crippen LogP contribution in [0.15, 0.2) is 53.5 Å².